The lowest BCUT2D eigenvalue weighted by Gasteiger charge is -2.25. The van der Waals surface area contributed by atoms with Crippen LogP contribution in [0.5, 0.6) is 0 Å². The van der Waals surface area contributed by atoms with Gasteiger partial charge >= 0.3 is 0 Å². The quantitative estimate of drug-likeness (QED) is 0.801. The Balaban J connectivity index is 1.98. The number of furan rings is 1. The highest BCUT2D eigenvalue weighted by Crippen LogP contribution is 2.25. The highest BCUT2D eigenvalue weighted by atomic mass is 16.3. The molecule has 3 heteroatoms. The Kier molecular flexibility index (Phi) is 2.53. The van der Waals surface area contributed by atoms with E-state index in [-0.39, 0.29) is 11.8 Å². The molecule has 0 amide bonds. The van der Waals surface area contributed by atoms with E-state index in [9.17, 15) is 4.79 Å². The Bertz CT molecular complexity index is 531. The predicted octanol–water partition coefficient (Wildman–Crippen LogP) is 2.35. The Hall–Kier alpha value is -1.87. The van der Waals surface area contributed by atoms with E-state index in [2.05, 4.69) is 11.4 Å². The smallest absolute Gasteiger partial charge is 0.219 e. The molecule has 0 bridgehead atoms. The van der Waals surface area contributed by atoms with Crippen molar-refractivity contribution in [3.63, 3.8) is 0 Å². The van der Waals surface area contributed by atoms with Gasteiger partial charge in [-0.3, -0.25) is 4.79 Å². The van der Waals surface area contributed by atoms with Crippen LogP contribution in [0.3, 0.4) is 0 Å². The van der Waals surface area contributed by atoms with Crippen molar-refractivity contribution in [1.29, 1.82) is 0 Å². The van der Waals surface area contributed by atoms with Crippen LogP contribution in [0.2, 0.25) is 0 Å². The maximum Gasteiger partial charge on any atom is 0.219 e. The second-order valence-electron chi connectivity index (χ2n) is 4.18. The zero-order valence-electron chi connectivity index (χ0n) is 9.35. The number of carbonyl (C=O) groups is 1. The molecule has 1 aromatic carbocycles. The molecule has 1 aliphatic rings. The van der Waals surface area contributed by atoms with E-state index in [1.807, 2.05) is 18.2 Å². The molecule has 0 radical (unpaired) electrons. The Labute approximate surface area is 99.4 Å². The molecule has 17 heavy (non-hydrogen) atoms. The molecule has 86 valence electrons. The van der Waals surface area contributed by atoms with Crippen LogP contribution in [0, 0.1) is 0 Å². The summed E-state index contributed by atoms with van der Waals surface area (Å²) in [6.45, 7) is 0.828. The minimum absolute atomic E-state index is 0.00199. The summed E-state index contributed by atoms with van der Waals surface area (Å²) >= 11 is 0. The fourth-order valence-corrected chi connectivity index (χ4v) is 2.30. The summed E-state index contributed by atoms with van der Waals surface area (Å²) in [6, 6.07) is 11.2. The van der Waals surface area contributed by atoms with Crippen LogP contribution >= 0.6 is 0 Å². The lowest BCUT2D eigenvalue weighted by molar-refractivity contribution is 0.0911. The number of hydrogen-bond acceptors (Lipinski definition) is 3. The molecule has 3 nitrogen and oxygen atoms in total. The fraction of sp³-hybridized carbons (Fsp3) is 0.214. The van der Waals surface area contributed by atoms with Gasteiger partial charge in [0.2, 0.25) is 5.78 Å². The van der Waals surface area contributed by atoms with Gasteiger partial charge in [-0.15, -0.1) is 0 Å². The molecule has 1 aliphatic heterocycles. The lowest BCUT2D eigenvalue weighted by Crippen LogP contribution is -2.35. The molecule has 3 rings (SSSR count). The first-order chi connectivity index (χ1) is 8.36. The van der Waals surface area contributed by atoms with Gasteiger partial charge in [-0.1, -0.05) is 24.3 Å². The summed E-state index contributed by atoms with van der Waals surface area (Å²) in [4.78, 5) is 12.3. The van der Waals surface area contributed by atoms with Crippen molar-refractivity contribution in [2.24, 2.45) is 0 Å². The van der Waals surface area contributed by atoms with Gasteiger partial charge in [0.25, 0.3) is 0 Å². The molecule has 0 saturated heterocycles. The summed E-state index contributed by atoms with van der Waals surface area (Å²) in [6.07, 6.45) is 2.50. The monoisotopic (exact) mass is 227 g/mol. The first-order valence-corrected chi connectivity index (χ1v) is 5.75. The van der Waals surface area contributed by atoms with Gasteiger partial charge in [0.05, 0.1) is 6.26 Å². The minimum Gasteiger partial charge on any atom is -0.461 e. The Morgan fingerprint density at radius 3 is 2.94 bits per heavy atom. The second-order valence-corrected chi connectivity index (χ2v) is 4.18. The number of hydrogen-bond donors (Lipinski definition) is 1. The topological polar surface area (TPSA) is 42.2 Å². The van der Waals surface area contributed by atoms with Gasteiger partial charge in [-0.2, -0.15) is 0 Å². The van der Waals surface area contributed by atoms with Crippen LogP contribution in [0.4, 0.5) is 0 Å². The third kappa shape index (κ3) is 1.78. The molecule has 0 fully saturated rings. The van der Waals surface area contributed by atoms with Gasteiger partial charge in [-0.05, 0) is 29.7 Å². The highest BCUT2D eigenvalue weighted by molar-refractivity contribution is 5.98. The zero-order chi connectivity index (χ0) is 11.7. The molecule has 1 N–H and O–H groups in total. The van der Waals surface area contributed by atoms with Crippen LogP contribution in [0.1, 0.15) is 27.7 Å². The normalized spacial score (nSPS) is 18.7. The maximum atomic E-state index is 12.3. The van der Waals surface area contributed by atoms with Gasteiger partial charge in [0.1, 0.15) is 6.04 Å². The molecule has 0 saturated carbocycles. The van der Waals surface area contributed by atoms with E-state index in [0.29, 0.717) is 5.76 Å². The third-order valence-corrected chi connectivity index (χ3v) is 3.14. The molecule has 0 aliphatic carbocycles. The van der Waals surface area contributed by atoms with E-state index in [0.717, 1.165) is 18.5 Å². The van der Waals surface area contributed by atoms with Gasteiger partial charge < -0.3 is 9.73 Å². The van der Waals surface area contributed by atoms with Gasteiger partial charge in [0.15, 0.2) is 5.76 Å². The van der Waals surface area contributed by atoms with Crippen molar-refractivity contribution in [1.82, 2.24) is 5.32 Å². The van der Waals surface area contributed by atoms with Gasteiger partial charge in [-0.25, -0.2) is 0 Å². The number of Topliss-reactive ketones (excluding diaryl/α,β-unsaturated/α-hetero) is 1. The third-order valence-electron chi connectivity index (χ3n) is 3.14. The molecule has 2 heterocycles. The molecule has 0 spiro atoms. The fourth-order valence-electron chi connectivity index (χ4n) is 2.30. The summed E-state index contributed by atoms with van der Waals surface area (Å²) in [7, 11) is 0. The maximum absolute atomic E-state index is 12.3. The standard InChI is InChI=1S/C14H13NO2/c16-14(12-6-3-9-17-12)13-11-5-2-1-4-10(11)7-8-15-13/h1-6,9,13,15H,7-8H2. The first kappa shape index (κ1) is 10.3. The van der Waals surface area contributed by atoms with Crippen molar-refractivity contribution in [3.8, 4) is 0 Å². The highest BCUT2D eigenvalue weighted by Gasteiger charge is 2.27. The number of nitrogens with one attached hydrogen (secondary N) is 1. The van der Waals surface area contributed by atoms with Crippen molar-refractivity contribution >= 4 is 5.78 Å². The molecule has 1 unspecified atom stereocenters. The minimum atomic E-state index is -0.272. The van der Waals surface area contributed by atoms with Crippen molar-refractivity contribution in [3.05, 3.63) is 59.5 Å². The molecule has 2 aromatic rings. The average Bonchev–Trinajstić information content (AvgIpc) is 2.91. The van der Waals surface area contributed by atoms with Crippen molar-refractivity contribution in [2.45, 2.75) is 12.5 Å². The van der Waals surface area contributed by atoms with Crippen LogP contribution in [-0.4, -0.2) is 12.3 Å². The van der Waals surface area contributed by atoms with E-state index in [4.69, 9.17) is 4.42 Å². The lowest BCUT2D eigenvalue weighted by atomic mass is 9.91. The van der Waals surface area contributed by atoms with Crippen LogP contribution in [0.15, 0.2) is 47.1 Å². The van der Waals surface area contributed by atoms with E-state index in [1.165, 1.54) is 11.8 Å². The Morgan fingerprint density at radius 1 is 1.24 bits per heavy atom. The van der Waals surface area contributed by atoms with Crippen LogP contribution in [0.25, 0.3) is 0 Å². The van der Waals surface area contributed by atoms with Crippen LogP contribution < -0.4 is 5.32 Å². The number of ketones is 1. The van der Waals surface area contributed by atoms with Crippen LogP contribution in [-0.2, 0) is 6.42 Å². The largest absolute Gasteiger partial charge is 0.461 e. The predicted molar refractivity (Wildman–Crippen MR) is 63.9 cm³/mol. The van der Waals surface area contributed by atoms with E-state index >= 15 is 0 Å². The second kappa shape index (κ2) is 4.18. The summed E-state index contributed by atoms with van der Waals surface area (Å²) in [5, 5.41) is 3.25. The zero-order valence-corrected chi connectivity index (χ0v) is 9.35. The summed E-state index contributed by atoms with van der Waals surface area (Å²) in [5.41, 5.74) is 2.32. The van der Waals surface area contributed by atoms with E-state index in [1.54, 1.807) is 12.1 Å². The molecular formula is C14H13NO2. The van der Waals surface area contributed by atoms with Crippen molar-refractivity contribution in [2.75, 3.05) is 6.54 Å². The Morgan fingerprint density at radius 2 is 2.12 bits per heavy atom. The first-order valence-electron chi connectivity index (χ1n) is 5.75. The van der Waals surface area contributed by atoms with Crippen molar-refractivity contribution < 1.29 is 9.21 Å². The summed E-state index contributed by atoms with van der Waals surface area (Å²) < 4.78 is 5.17. The number of benzene rings is 1. The number of fused-ring (bicyclic) bond motifs is 1. The molecule has 1 aromatic heterocycles. The molecular weight excluding hydrogens is 214 g/mol. The average molecular weight is 227 g/mol. The number of carbonyl (C=O) groups excluding carboxylic acids is 1. The summed E-state index contributed by atoms with van der Waals surface area (Å²) in [5.74, 6) is 0.418. The number of rotatable bonds is 2. The SMILES string of the molecule is O=C(c1ccco1)C1NCCc2ccccc21. The van der Waals surface area contributed by atoms with E-state index < -0.39 is 0 Å². The molecule has 1 atom stereocenters. The van der Waals surface area contributed by atoms with Gasteiger partial charge in [0, 0.05) is 6.54 Å².